The Morgan fingerprint density at radius 3 is 2.02 bits per heavy atom. The van der Waals surface area contributed by atoms with Crippen LogP contribution in [0.2, 0.25) is 0 Å². The van der Waals surface area contributed by atoms with Crippen LogP contribution >= 0.6 is 0 Å². The van der Waals surface area contributed by atoms with Gasteiger partial charge in [-0.25, -0.2) is 0 Å². The van der Waals surface area contributed by atoms with Crippen molar-refractivity contribution >= 4 is 65.6 Å². The molecule has 0 aliphatic rings. The van der Waals surface area contributed by atoms with Crippen molar-refractivity contribution in [3.63, 3.8) is 0 Å². The maximum Gasteiger partial charge on any atom is 0.200 e. The van der Waals surface area contributed by atoms with Gasteiger partial charge in [-0.2, -0.15) is 0 Å². The molecule has 4 nitrogen and oxygen atoms in total. The molecule has 0 saturated heterocycles. The van der Waals surface area contributed by atoms with Gasteiger partial charge in [0.15, 0.2) is 0 Å². The lowest BCUT2D eigenvalue weighted by Crippen LogP contribution is -2.04. The van der Waals surface area contributed by atoms with Crippen LogP contribution in [0.3, 0.4) is 0 Å². The third kappa shape index (κ3) is 3.23. The maximum atomic E-state index is 13.6. The maximum absolute atomic E-state index is 13.6. The predicted molar refractivity (Wildman–Crippen MR) is 178 cm³/mol. The molecule has 9 aromatic rings. The Labute approximate surface area is 246 Å². The summed E-state index contributed by atoms with van der Waals surface area (Å²) in [5.41, 5.74) is 9.98. The Bertz CT molecular complexity index is 2650. The molecule has 43 heavy (non-hydrogen) atoms. The van der Waals surface area contributed by atoms with Crippen LogP contribution in [0.15, 0.2) is 131 Å². The smallest absolute Gasteiger partial charge is 0.200 e. The van der Waals surface area contributed by atoms with E-state index < -0.39 is 0 Å². The summed E-state index contributed by atoms with van der Waals surface area (Å²) in [6.07, 6.45) is 0. The number of para-hydroxylation sites is 3. The number of benzene rings is 6. The molecule has 0 aliphatic heterocycles. The molecule has 9 rings (SSSR count). The molecule has 3 aromatic heterocycles. The number of fused-ring (bicyclic) bond motifs is 9. The second kappa shape index (κ2) is 8.70. The molecule has 0 saturated carbocycles. The van der Waals surface area contributed by atoms with Crippen LogP contribution in [0, 0.1) is 13.8 Å². The zero-order valence-electron chi connectivity index (χ0n) is 23.8. The lowest BCUT2D eigenvalue weighted by molar-refractivity contribution is 0.656. The highest BCUT2D eigenvalue weighted by molar-refractivity contribution is 6.26. The Kier molecular flexibility index (Phi) is 4.86. The fourth-order valence-corrected chi connectivity index (χ4v) is 6.91. The number of hydrogen-bond donors (Lipinski definition) is 0. The lowest BCUT2D eigenvalue weighted by atomic mass is 10.0. The first-order valence-corrected chi connectivity index (χ1v) is 14.6. The summed E-state index contributed by atoms with van der Waals surface area (Å²) >= 11 is 0. The summed E-state index contributed by atoms with van der Waals surface area (Å²) in [5.74, 6) is 0. The molecule has 0 atom stereocenters. The zero-order valence-corrected chi connectivity index (χ0v) is 23.8. The van der Waals surface area contributed by atoms with E-state index >= 15 is 0 Å². The highest BCUT2D eigenvalue weighted by atomic mass is 16.3. The SMILES string of the molecule is Cc1ccc2c(=O)c3ccc(-n4c5ccccc5c5ccc6c(c7ccccc7n6-c6ccccc6)c54)cc3oc2c1C. The average Bonchev–Trinajstić information content (AvgIpc) is 3.56. The lowest BCUT2D eigenvalue weighted by Gasteiger charge is -2.12. The summed E-state index contributed by atoms with van der Waals surface area (Å²) in [4.78, 5) is 13.6. The fraction of sp³-hybridized carbons (Fsp3) is 0.0513. The molecular formula is C39H26N2O2. The Balaban J connectivity index is 1.45. The first-order valence-electron chi connectivity index (χ1n) is 14.6. The number of rotatable bonds is 2. The molecule has 4 heteroatoms. The molecule has 3 heterocycles. The van der Waals surface area contributed by atoms with Crippen molar-refractivity contribution in [2.45, 2.75) is 13.8 Å². The summed E-state index contributed by atoms with van der Waals surface area (Å²) in [5, 5.41) is 5.97. The van der Waals surface area contributed by atoms with Crippen molar-refractivity contribution in [3.05, 3.63) is 143 Å². The number of aryl methyl sites for hydroxylation is 2. The van der Waals surface area contributed by atoms with E-state index in [0.29, 0.717) is 21.9 Å². The summed E-state index contributed by atoms with van der Waals surface area (Å²) in [6.45, 7) is 4.06. The van der Waals surface area contributed by atoms with Gasteiger partial charge < -0.3 is 13.6 Å². The third-order valence-corrected chi connectivity index (χ3v) is 9.09. The van der Waals surface area contributed by atoms with E-state index in [1.54, 1.807) is 0 Å². The van der Waals surface area contributed by atoms with Gasteiger partial charge in [0.25, 0.3) is 0 Å². The van der Waals surface area contributed by atoms with Gasteiger partial charge in [0.05, 0.1) is 32.8 Å². The van der Waals surface area contributed by atoms with Gasteiger partial charge >= 0.3 is 0 Å². The van der Waals surface area contributed by atoms with Gasteiger partial charge in [-0.15, -0.1) is 0 Å². The standard InChI is InChI=1S/C39H26N2O2/c1-23-16-18-31-38(42)30-19-17-26(22-35(30)43-39(31)24(23)2)41-32-14-8-6-12-27(32)28-20-21-34-36(37(28)41)29-13-7-9-15-33(29)40(34)25-10-4-3-5-11-25/h3-22H,1-2H3. The van der Waals surface area contributed by atoms with E-state index in [1.807, 2.05) is 44.2 Å². The largest absolute Gasteiger partial charge is 0.455 e. The van der Waals surface area contributed by atoms with Gasteiger partial charge in [0, 0.05) is 39.0 Å². The second-order valence-corrected chi connectivity index (χ2v) is 11.4. The molecule has 0 amide bonds. The molecule has 0 radical (unpaired) electrons. The van der Waals surface area contributed by atoms with Crippen LogP contribution in [0.25, 0.3) is 76.9 Å². The van der Waals surface area contributed by atoms with Crippen LogP contribution in [-0.2, 0) is 0 Å². The molecule has 0 aliphatic carbocycles. The Morgan fingerprint density at radius 2 is 1.21 bits per heavy atom. The van der Waals surface area contributed by atoms with E-state index in [9.17, 15) is 4.79 Å². The minimum absolute atomic E-state index is 0.00134. The minimum atomic E-state index is 0.00134. The predicted octanol–water partition coefficient (Wildman–Crippen LogP) is 9.76. The van der Waals surface area contributed by atoms with Crippen molar-refractivity contribution in [2.24, 2.45) is 0 Å². The molecule has 0 fully saturated rings. The van der Waals surface area contributed by atoms with Crippen molar-refractivity contribution < 1.29 is 4.42 Å². The van der Waals surface area contributed by atoms with Crippen molar-refractivity contribution in [1.29, 1.82) is 0 Å². The normalized spacial score (nSPS) is 12.0. The Hall–Kier alpha value is -5.61. The molecule has 204 valence electrons. The van der Waals surface area contributed by atoms with E-state index in [0.717, 1.165) is 44.6 Å². The number of nitrogens with zero attached hydrogens (tertiary/aromatic N) is 2. The van der Waals surface area contributed by atoms with E-state index in [4.69, 9.17) is 4.42 Å². The topological polar surface area (TPSA) is 40.1 Å². The molecule has 0 N–H and O–H groups in total. The highest BCUT2D eigenvalue weighted by Crippen LogP contribution is 2.42. The number of aromatic nitrogens is 2. The highest BCUT2D eigenvalue weighted by Gasteiger charge is 2.21. The van der Waals surface area contributed by atoms with Gasteiger partial charge in [-0.3, -0.25) is 4.79 Å². The zero-order chi connectivity index (χ0) is 28.8. The average molecular weight is 555 g/mol. The van der Waals surface area contributed by atoms with Crippen molar-refractivity contribution in [2.75, 3.05) is 0 Å². The Morgan fingerprint density at radius 1 is 0.535 bits per heavy atom. The third-order valence-electron chi connectivity index (χ3n) is 9.09. The summed E-state index contributed by atoms with van der Waals surface area (Å²) in [6, 6.07) is 42.1. The van der Waals surface area contributed by atoms with Crippen LogP contribution in [0.4, 0.5) is 0 Å². The summed E-state index contributed by atoms with van der Waals surface area (Å²) in [7, 11) is 0. The van der Waals surface area contributed by atoms with E-state index in [-0.39, 0.29) is 5.43 Å². The molecule has 0 bridgehead atoms. The van der Waals surface area contributed by atoms with Crippen LogP contribution in [0.1, 0.15) is 11.1 Å². The summed E-state index contributed by atoms with van der Waals surface area (Å²) < 4.78 is 11.2. The first kappa shape index (κ1) is 24.0. The fourth-order valence-electron chi connectivity index (χ4n) is 6.91. The molecular weight excluding hydrogens is 528 g/mol. The van der Waals surface area contributed by atoms with Crippen molar-refractivity contribution in [1.82, 2.24) is 9.13 Å². The van der Waals surface area contributed by atoms with Gasteiger partial charge in [-0.1, -0.05) is 66.7 Å². The van der Waals surface area contributed by atoms with Crippen molar-refractivity contribution in [3.8, 4) is 11.4 Å². The first-order chi connectivity index (χ1) is 21.1. The van der Waals surface area contributed by atoms with E-state index in [1.165, 1.54) is 21.5 Å². The second-order valence-electron chi connectivity index (χ2n) is 11.4. The van der Waals surface area contributed by atoms with Gasteiger partial charge in [-0.05, 0) is 73.5 Å². The van der Waals surface area contributed by atoms with Crippen LogP contribution < -0.4 is 5.43 Å². The van der Waals surface area contributed by atoms with Gasteiger partial charge in [0.2, 0.25) is 5.43 Å². The molecule has 0 unspecified atom stereocenters. The quantitative estimate of drug-likeness (QED) is 0.200. The monoisotopic (exact) mass is 554 g/mol. The molecule has 6 aromatic carbocycles. The van der Waals surface area contributed by atoms with Crippen LogP contribution in [-0.4, -0.2) is 9.13 Å². The van der Waals surface area contributed by atoms with Gasteiger partial charge in [0.1, 0.15) is 11.2 Å². The van der Waals surface area contributed by atoms with Crippen LogP contribution in [0.5, 0.6) is 0 Å². The molecule has 0 spiro atoms. The van der Waals surface area contributed by atoms with E-state index in [2.05, 4.69) is 100 Å². The number of hydrogen-bond acceptors (Lipinski definition) is 2. The minimum Gasteiger partial charge on any atom is -0.455 e.